The van der Waals surface area contributed by atoms with Crippen LogP contribution in [0.5, 0.6) is 0 Å². The van der Waals surface area contributed by atoms with Gasteiger partial charge in [-0.25, -0.2) is 9.78 Å². The van der Waals surface area contributed by atoms with Crippen LogP contribution in [0.4, 0.5) is 0 Å². The molecular weight excluding hydrogens is 432 g/mol. The monoisotopic (exact) mass is 466 g/mol. The van der Waals surface area contributed by atoms with Crippen LogP contribution in [-0.4, -0.2) is 38.8 Å². The quantitative estimate of drug-likeness (QED) is 0.472. The Kier molecular flexibility index (Phi) is 5.71. The van der Waals surface area contributed by atoms with Crippen molar-refractivity contribution in [1.82, 2.24) is 0 Å². The summed E-state index contributed by atoms with van der Waals surface area (Å²) in [5.74, 6) is 0.410. The first-order valence-electron chi connectivity index (χ1n) is 11.8. The Bertz CT molecular complexity index is 948. The molecule has 6 rings (SSSR count). The summed E-state index contributed by atoms with van der Waals surface area (Å²) in [6, 6.07) is 6.68. The van der Waals surface area contributed by atoms with Crippen molar-refractivity contribution in [1.29, 1.82) is 0 Å². The molecule has 8 heteroatoms. The van der Waals surface area contributed by atoms with Gasteiger partial charge >= 0.3 is 0 Å². The molecule has 178 valence electrons. The third-order valence-electron chi connectivity index (χ3n) is 8.25. The van der Waals surface area contributed by atoms with Crippen molar-refractivity contribution in [3.05, 3.63) is 29.8 Å². The summed E-state index contributed by atoms with van der Waals surface area (Å²) in [5, 5.41) is 0. The van der Waals surface area contributed by atoms with Crippen molar-refractivity contribution >= 4 is 10.1 Å². The molecule has 5 aliphatic rings. The Hall–Kier alpha value is -1.03. The van der Waals surface area contributed by atoms with Gasteiger partial charge in [0.15, 0.2) is 11.9 Å². The van der Waals surface area contributed by atoms with Crippen molar-refractivity contribution in [3.63, 3.8) is 0 Å². The number of hydrogen-bond donors (Lipinski definition) is 0. The van der Waals surface area contributed by atoms with Gasteiger partial charge in [-0.1, -0.05) is 31.5 Å². The first-order valence-corrected chi connectivity index (χ1v) is 13.2. The van der Waals surface area contributed by atoms with Crippen molar-refractivity contribution in [2.75, 3.05) is 6.61 Å². The minimum absolute atomic E-state index is 0.0616. The highest BCUT2D eigenvalue weighted by Crippen LogP contribution is 2.60. The second-order valence-electron chi connectivity index (χ2n) is 10.3. The zero-order valence-electron chi connectivity index (χ0n) is 19.3. The number of hydrogen-bond acceptors (Lipinski definition) is 7. The Morgan fingerprint density at radius 1 is 1.06 bits per heavy atom. The van der Waals surface area contributed by atoms with Crippen molar-refractivity contribution in [2.24, 2.45) is 23.7 Å². The van der Waals surface area contributed by atoms with Crippen molar-refractivity contribution in [3.8, 4) is 0 Å². The molecule has 0 unspecified atom stereocenters. The zero-order valence-corrected chi connectivity index (χ0v) is 20.1. The minimum Gasteiger partial charge on any atom is -0.346 e. The lowest BCUT2D eigenvalue weighted by Crippen LogP contribution is -2.70. The fourth-order valence-corrected chi connectivity index (χ4v) is 7.28. The summed E-state index contributed by atoms with van der Waals surface area (Å²) in [6.07, 6.45) is 3.69. The van der Waals surface area contributed by atoms with Gasteiger partial charge in [0.2, 0.25) is 5.79 Å². The van der Waals surface area contributed by atoms with E-state index in [-0.39, 0.29) is 29.4 Å². The smallest absolute Gasteiger partial charge is 0.296 e. The molecule has 0 amide bonds. The first kappa shape index (κ1) is 22.7. The van der Waals surface area contributed by atoms with E-state index in [1.165, 1.54) is 0 Å². The predicted octanol–water partition coefficient (Wildman–Crippen LogP) is 4.34. The van der Waals surface area contributed by atoms with E-state index in [1.807, 2.05) is 13.8 Å². The molecule has 4 saturated heterocycles. The molecule has 4 aliphatic heterocycles. The van der Waals surface area contributed by atoms with E-state index in [0.717, 1.165) is 31.2 Å². The lowest BCUT2D eigenvalue weighted by atomic mass is 9.57. The van der Waals surface area contributed by atoms with E-state index < -0.39 is 27.8 Å². The molecule has 0 aromatic heterocycles. The van der Waals surface area contributed by atoms with Crippen LogP contribution in [0.15, 0.2) is 29.2 Å². The van der Waals surface area contributed by atoms with Gasteiger partial charge in [-0.3, -0.25) is 4.18 Å². The molecule has 4 heterocycles. The largest absolute Gasteiger partial charge is 0.346 e. The molecule has 1 aromatic rings. The molecule has 0 N–H and O–H groups in total. The predicted molar refractivity (Wildman–Crippen MR) is 116 cm³/mol. The van der Waals surface area contributed by atoms with E-state index >= 15 is 0 Å². The Morgan fingerprint density at radius 2 is 1.81 bits per heavy atom. The molecule has 1 spiro atoms. The maximum absolute atomic E-state index is 12.6. The maximum Gasteiger partial charge on any atom is 0.296 e. The second-order valence-corrected chi connectivity index (χ2v) is 11.9. The maximum atomic E-state index is 12.6. The third-order valence-corrected chi connectivity index (χ3v) is 9.57. The van der Waals surface area contributed by atoms with Gasteiger partial charge in [0.1, 0.15) is 0 Å². The Labute approximate surface area is 190 Å². The summed E-state index contributed by atoms with van der Waals surface area (Å²) in [7, 11) is -3.80. The van der Waals surface area contributed by atoms with Gasteiger partial charge in [-0.2, -0.15) is 8.42 Å². The van der Waals surface area contributed by atoms with E-state index in [2.05, 4.69) is 13.8 Å². The molecular formula is C24H34O7S. The summed E-state index contributed by atoms with van der Waals surface area (Å²) in [4.78, 5) is 12.2. The first-order chi connectivity index (χ1) is 15.1. The molecule has 5 fully saturated rings. The summed E-state index contributed by atoms with van der Waals surface area (Å²) in [6.45, 7) is 8.35. The number of fused-ring (bicyclic) bond motifs is 2. The SMILES string of the molecule is Cc1ccc(S(=O)(=O)OCC[C@H]2O[C@@H]3O[C@@]4(C)CC[C@H]5[C@H](C)CC[C@@H]([C@H]2C)[C@@]35OO4)cc1. The van der Waals surface area contributed by atoms with Gasteiger partial charge in [-0.15, -0.1) is 0 Å². The van der Waals surface area contributed by atoms with Crippen LogP contribution in [-0.2, 0) is 33.6 Å². The molecule has 1 aromatic carbocycles. The lowest BCUT2D eigenvalue weighted by Gasteiger charge is -2.60. The molecule has 32 heavy (non-hydrogen) atoms. The zero-order chi connectivity index (χ0) is 22.7. The average Bonchev–Trinajstić information content (AvgIpc) is 2.98. The number of rotatable bonds is 5. The Morgan fingerprint density at radius 3 is 2.56 bits per heavy atom. The standard InChI is InChI=1S/C24H34O7S/c1-15-5-8-18(9-6-15)32(25,26)27-14-12-21-17(3)20-10-7-16(2)19-11-13-23(4)29-22(28-21)24(19,20)31-30-23/h5-6,8-9,16-17,19-22H,7,10-14H2,1-4H3/t16-,17-,19+,20+,21-,22-,23-,24-/m1/s1. The molecule has 7 nitrogen and oxygen atoms in total. The highest BCUT2D eigenvalue weighted by Gasteiger charge is 2.69. The molecule has 1 aliphatic carbocycles. The highest BCUT2D eigenvalue weighted by molar-refractivity contribution is 7.86. The van der Waals surface area contributed by atoms with Crippen molar-refractivity contribution < 1.29 is 31.8 Å². The van der Waals surface area contributed by atoms with Gasteiger partial charge in [0.05, 0.1) is 17.6 Å². The fraction of sp³-hybridized carbons (Fsp3) is 0.750. The van der Waals surface area contributed by atoms with Crippen molar-refractivity contribution in [2.45, 2.75) is 88.5 Å². The van der Waals surface area contributed by atoms with E-state index in [1.54, 1.807) is 24.3 Å². The number of aryl methyl sites for hydroxylation is 1. The molecule has 8 atom stereocenters. The van der Waals surface area contributed by atoms with Crippen LogP contribution in [0.1, 0.15) is 58.4 Å². The summed E-state index contributed by atoms with van der Waals surface area (Å²) < 4.78 is 43.4. The van der Waals surface area contributed by atoms with Crippen LogP contribution < -0.4 is 0 Å². The number of ether oxygens (including phenoxy) is 2. The molecule has 1 saturated carbocycles. The molecule has 0 radical (unpaired) electrons. The van der Waals surface area contributed by atoms with Gasteiger partial charge in [-0.05, 0) is 69.4 Å². The van der Waals surface area contributed by atoms with Crippen LogP contribution in [0.3, 0.4) is 0 Å². The normalized spacial score (nSPS) is 43.5. The second kappa shape index (κ2) is 8.03. The summed E-state index contributed by atoms with van der Waals surface area (Å²) in [5.41, 5.74) is 0.401. The van der Waals surface area contributed by atoms with Gasteiger partial charge in [0.25, 0.3) is 10.1 Å². The van der Waals surface area contributed by atoms with Crippen LogP contribution in [0.2, 0.25) is 0 Å². The highest BCUT2D eigenvalue weighted by atomic mass is 32.2. The van der Waals surface area contributed by atoms with Crippen LogP contribution >= 0.6 is 0 Å². The topological polar surface area (TPSA) is 80.3 Å². The number of benzene rings is 1. The molecule has 2 bridgehead atoms. The summed E-state index contributed by atoms with van der Waals surface area (Å²) >= 11 is 0. The van der Waals surface area contributed by atoms with Crippen LogP contribution in [0.25, 0.3) is 0 Å². The van der Waals surface area contributed by atoms with E-state index in [0.29, 0.717) is 18.3 Å². The fourth-order valence-electron chi connectivity index (χ4n) is 6.36. The Balaban J connectivity index is 1.32. The van der Waals surface area contributed by atoms with Crippen LogP contribution in [0, 0.1) is 30.6 Å². The van der Waals surface area contributed by atoms with Gasteiger partial charge < -0.3 is 9.47 Å². The average molecular weight is 467 g/mol. The van der Waals surface area contributed by atoms with Gasteiger partial charge in [0, 0.05) is 12.3 Å². The lowest BCUT2D eigenvalue weighted by molar-refractivity contribution is -0.571. The minimum atomic E-state index is -3.80. The van der Waals surface area contributed by atoms with E-state index in [9.17, 15) is 8.42 Å². The third kappa shape index (κ3) is 3.63. The van der Waals surface area contributed by atoms with E-state index in [4.69, 9.17) is 23.4 Å².